The molecule has 0 spiro atoms. The largest absolute Gasteiger partial charge is 0.494 e. The highest BCUT2D eigenvalue weighted by Crippen LogP contribution is 2.19. The third kappa shape index (κ3) is 2.82. The number of pyridine rings is 1. The van der Waals surface area contributed by atoms with Crippen LogP contribution >= 0.6 is 0 Å². The van der Waals surface area contributed by atoms with E-state index >= 15 is 0 Å². The van der Waals surface area contributed by atoms with Crippen molar-refractivity contribution >= 4 is 11.6 Å². The molecule has 2 aromatic rings. The van der Waals surface area contributed by atoms with Crippen molar-refractivity contribution in [2.75, 3.05) is 5.32 Å². The number of H-pyrrole nitrogens is 1. The van der Waals surface area contributed by atoms with Crippen molar-refractivity contribution in [3.8, 4) is 5.88 Å². The molecular formula is C14H14N2O3. The molecule has 1 heterocycles. The van der Waals surface area contributed by atoms with Gasteiger partial charge in [-0.1, -0.05) is 12.1 Å². The van der Waals surface area contributed by atoms with Gasteiger partial charge in [0.2, 0.25) is 0 Å². The van der Waals surface area contributed by atoms with Crippen molar-refractivity contribution < 1.29 is 9.90 Å². The van der Waals surface area contributed by atoms with E-state index in [0.717, 1.165) is 17.2 Å². The third-order valence-electron chi connectivity index (χ3n) is 2.95. The normalized spacial score (nSPS) is 10.2. The van der Waals surface area contributed by atoms with Gasteiger partial charge in [0.05, 0.1) is 5.56 Å². The molecule has 0 bridgehead atoms. The molecule has 0 saturated carbocycles. The molecule has 2 rings (SSSR count). The summed E-state index contributed by atoms with van der Waals surface area (Å²) in [6.07, 6.45) is 0. The van der Waals surface area contributed by atoms with E-state index in [1.54, 1.807) is 6.07 Å². The number of benzene rings is 1. The molecular weight excluding hydrogens is 244 g/mol. The summed E-state index contributed by atoms with van der Waals surface area (Å²) in [6.45, 7) is 3.85. The molecule has 0 unspecified atom stereocenters. The van der Waals surface area contributed by atoms with Gasteiger partial charge in [0.1, 0.15) is 0 Å². The zero-order valence-electron chi connectivity index (χ0n) is 10.7. The second kappa shape index (κ2) is 4.97. The molecule has 0 radical (unpaired) electrons. The minimum atomic E-state index is -0.522. The van der Waals surface area contributed by atoms with Gasteiger partial charge in [0, 0.05) is 17.8 Å². The minimum absolute atomic E-state index is 0.113. The SMILES string of the molecule is Cc1cccc(NC(=O)c2cc(O)[nH]c(=O)c2)c1C. The first kappa shape index (κ1) is 12.9. The molecule has 0 atom stereocenters. The zero-order chi connectivity index (χ0) is 14.0. The molecule has 5 nitrogen and oxygen atoms in total. The Bertz CT molecular complexity index is 689. The van der Waals surface area contributed by atoms with Crippen LogP contribution in [-0.4, -0.2) is 16.0 Å². The molecule has 1 aromatic heterocycles. The summed E-state index contributed by atoms with van der Waals surface area (Å²) in [5.41, 5.74) is 2.30. The van der Waals surface area contributed by atoms with Gasteiger partial charge in [-0.2, -0.15) is 0 Å². The van der Waals surface area contributed by atoms with E-state index in [0.29, 0.717) is 5.69 Å². The van der Waals surface area contributed by atoms with Crippen molar-refractivity contribution in [2.45, 2.75) is 13.8 Å². The first-order chi connectivity index (χ1) is 8.97. The number of amides is 1. The summed E-state index contributed by atoms with van der Waals surface area (Å²) in [5, 5.41) is 12.0. The first-order valence-corrected chi connectivity index (χ1v) is 5.78. The molecule has 0 saturated heterocycles. The summed E-state index contributed by atoms with van der Waals surface area (Å²) in [7, 11) is 0. The highest BCUT2D eigenvalue weighted by molar-refractivity contribution is 6.04. The summed E-state index contributed by atoms with van der Waals surface area (Å²) in [5.74, 6) is -0.770. The van der Waals surface area contributed by atoms with E-state index in [1.807, 2.05) is 26.0 Å². The van der Waals surface area contributed by atoms with Crippen LogP contribution in [0.15, 0.2) is 35.1 Å². The summed E-state index contributed by atoms with van der Waals surface area (Å²) >= 11 is 0. The maximum Gasteiger partial charge on any atom is 0.256 e. The number of aromatic nitrogens is 1. The van der Waals surface area contributed by atoms with Gasteiger partial charge in [-0.25, -0.2) is 0 Å². The number of aromatic hydroxyl groups is 1. The fraction of sp³-hybridized carbons (Fsp3) is 0.143. The van der Waals surface area contributed by atoms with Crippen LogP contribution < -0.4 is 10.9 Å². The number of nitrogens with one attached hydrogen (secondary N) is 2. The molecule has 19 heavy (non-hydrogen) atoms. The smallest absolute Gasteiger partial charge is 0.256 e. The number of aromatic amines is 1. The van der Waals surface area contributed by atoms with Crippen LogP contribution in [0.3, 0.4) is 0 Å². The number of anilines is 1. The fourth-order valence-corrected chi connectivity index (χ4v) is 1.74. The van der Waals surface area contributed by atoms with Crippen molar-refractivity contribution in [3.63, 3.8) is 0 Å². The third-order valence-corrected chi connectivity index (χ3v) is 2.95. The first-order valence-electron chi connectivity index (χ1n) is 5.78. The Hall–Kier alpha value is -2.56. The Morgan fingerprint density at radius 1 is 1.26 bits per heavy atom. The molecule has 0 aliphatic rings. The number of aryl methyl sites for hydroxylation is 1. The number of carbonyl (C=O) groups excluding carboxylic acids is 1. The average Bonchev–Trinajstić information content (AvgIpc) is 2.33. The van der Waals surface area contributed by atoms with Gasteiger partial charge in [0.15, 0.2) is 5.88 Å². The molecule has 0 aliphatic heterocycles. The highest BCUT2D eigenvalue weighted by atomic mass is 16.3. The van der Waals surface area contributed by atoms with Gasteiger partial charge in [0.25, 0.3) is 11.5 Å². The zero-order valence-corrected chi connectivity index (χ0v) is 10.7. The molecule has 1 amide bonds. The number of hydrogen-bond donors (Lipinski definition) is 3. The van der Waals surface area contributed by atoms with Crippen LogP contribution in [0.4, 0.5) is 5.69 Å². The Morgan fingerprint density at radius 3 is 2.68 bits per heavy atom. The molecule has 5 heteroatoms. The standard InChI is InChI=1S/C14H14N2O3/c1-8-4-3-5-11(9(8)2)15-14(19)10-6-12(17)16-13(18)7-10/h3-7H,1-2H3,(H,15,19)(H2,16,17,18). The molecule has 3 N–H and O–H groups in total. The Morgan fingerprint density at radius 2 is 2.00 bits per heavy atom. The maximum atomic E-state index is 12.0. The molecule has 0 fully saturated rings. The highest BCUT2D eigenvalue weighted by Gasteiger charge is 2.10. The van der Waals surface area contributed by atoms with E-state index in [-0.39, 0.29) is 11.4 Å². The monoisotopic (exact) mass is 258 g/mol. The van der Waals surface area contributed by atoms with Crippen molar-refractivity contribution in [1.82, 2.24) is 4.98 Å². The fourth-order valence-electron chi connectivity index (χ4n) is 1.74. The van der Waals surface area contributed by atoms with Gasteiger partial charge < -0.3 is 10.4 Å². The Labute approximate surface area is 109 Å². The van der Waals surface area contributed by atoms with E-state index in [1.165, 1.54) is 6.07 Å². The summed E-state index contributed by atoms with van der Waals surface area (Å²) in [6, 6.07) is 7.92. The lowest BCUT2D eigenvalue weighted by Crippen LogP contribution is -2.16. The number of rotatable bonds is 2. The minimum Gasteiger partial charge on any atom is -0.494 e. The number of carbonyl (C=O) groups is 1. The lowest BCUT2D eigenvalue weighted by molar-refractivity contribution is 0.102. The Kier molecular flexibility index (Phi) is 3.37. The van der Waals surface area contributed by atoms with Crippen LogP contribution in [0.5, 0.6) is 5.88 Å². The van der Waals surface area contributed by atoms with E-state index in [4.69, 9.17) is 0 Å². The van der Waals surface area contributed by atoms with E-state index in [9.17, 15) is 14.7 Å². The maximum absolute atomic E-state index is 12.0. The Balaban J connectivity index is 2.31. The van der Waals surface area contributed by atoms with Gasteiger partial charge in [-0.3, -0.25) is 14.6 Å². The van der Waals surface area contributed by atoms with Crippen LogP contribution in [0, 0.1) is 13.8 Å². The molecule has 0 aliphatic carbocycles. The molecule has 98 valence electrons. The van der Waals surface area contributed by atoms with Gasteiger partial charge >= 0.3 is 0 Å². The predicted molar refractivity (Wildman–Crippen MR) is 72.6 cm³/mol. The second-order valence-corrected chi connectivity index (χ2v) is 4.32. The van der Waals surface area contributed by atoms with Crippen LogP contribution in [0.1, 0.15) is 21.5 Å². The topological polar surface area (TPSA) is 82.2 Å². The number of hydrogen-bond acceptors (Lipinski definition) is 3. The predicted octanol–water partition coefficient (Wildman–Crippen LogP) is 1.95. The van der Waals surface area contributed by atoms with Crippen LogP contribution in [-0.2, 0) is 0 Å². The van der Waals surface area contributed by atoms with Crippen LogP contribution in [0.2, 0.25) is 0 Å². The van der Waals surface area contributed by atoms with E-state index < -0.39 is 11.5 Å². The van der Waals surface area contributed by atoms with Crippen molar-refractivity contribution in [3.05, 3.63) is 57.4 Å². The summed E-state index contributed by atoms with van der Waals surface area (Å²) < 4.78 is 0. The average molecular weight is 258 g/mol. The van der Waals surface area contributed by atoms with Crippen molar-refractivity contribution in [1.29, 1.82) is 0 Å². The molecule has 1 aromatic carbocycles. The van der Waals surface area contributed by atoms with Crippen molar-refractivity contribution in [2.24, 2.45) is 0 Å². The quantitative estimate of drug-likeness (QED) is 0.770. The summed E-state index contributed by atoms with van der Waals surface area (Å²) in [4.78, 5) is 25.4. The van der Waals surface area contributed by atoms with Gasteiger partial charge in [-0.05, 0) is 31.0 Å². The lowest BCUT2D eigenvalue weighted by atomic mass is 10.1. The van der Waals surface area contributed by atoms with Crippen LogP contribution in [0.25, 0.3) is 0 Å². The van der Waals surface area contributed by atoms with E-state index in [2.05, 4.69) is 10.3 Å². The second-order valence-electron chi connectivity index (χ2n) is 4.32. The van der Waals surface area contributed by atoms with Gasteiger partial charge in [-0.15, -0.1) is 0 Å². The lowest BCUT2D eigenvalue weighted by Gasteiger charge is -2.10.